The largest absolute Gasteiger partial charge is 0.507 e. The minimum atomic E-state index is -0.275. The van der Waals surface area contributed by atoms with Crippen LogP contribution < -0.4 is 0 Å². The van der Waals surface area contributed by atoms with Crippen molar-refractivity contribution < 1.29 is 9.50 Å². The number of hydrogen-bond donors (Lipinski definition) is 1. The SMILES string of the molecule is Cc1cc(-c2cc3c(s2)CCN(CCF)C3)cc(C)c1O. The summed E-state index contributed by atoms with van der Waals surface area (Å²) >= 11 is 1.83. The van der Waals surface area contributed by atoms with Gasteiger partial charge < -0.3 is 5.11 Å². The lowest BCUT2D eigenvalue weighted by Gasteiger charge is -2.25. The van der Waals surface area contributed by atoms with Crippen molar-refractivity contribution in [2.75, 3.05) is 19.8 Å². The molecule has 2 heterocycles. The molecule has 0 saturated heterocycles. The zero-order valence-corrected chi connectivity index (χ0v) is 13.3. The van der Waals surface area contributed by atoms with Gasteiger partial charge >= 0.3 is 0 Å². The third kappa shape index (κ3) is 2.83. The van der Waals surface area contributed by atoms with Crippen LogP contribution in [-0.4, -0.2) is 29.8 Å². The molecule has 2 aromatic rings. The summed E-state index contributed by atoms with van der Waals surface area (Å²) in [4.78, 5) is 4.84. The number of halogens is 1. The predicted octanol–water partition coefficient (Wildman–Crippen LogP) is 4.07. The first-order valence-corrected chi connectivity index (χ1v) is 8.10. The van der Waals surface area contributed by atoms with E-state index in [1.165, 1.54) is 20.9 Å². The fourth-order valence-electron chi connectivity index (χ4n) is 2.94. The van der Waals surface area contributed by atoms with Crippen molar-refractivity contribution in [3.05, 3.63) is 39.8 Å². The lowest BCUT2D eigenvalue weighted by atomic mass is 10.0. The molecule has 1 aromatic carbocycles. The number of thiophene rings is 1. The summed E-state index contributed by atoms with van der Waals surface area (Å²) in [7, 11) is 0. The Balaban J connectivity index is 1.92. The number of hydrogen-bond acceptors (Lipinski definition) is 3. The van der Waals surface area contributed by atoms with Crippen LogP contribution in [0.3, 0.4) is 0 Å². The summed E-state index contributed by atoms with van der Waals surface area (Å²) < 4.78 is 12.5. The second-order valence-electron chi connectivity index (χ2n) is 5.73. The summed E-state index contributed by atoms with van der Waals surface area (Å²) in [6, 6.07) is 6.31. The summed E-state index contributed by atoms with van der Waals surface area (Å²) in [6.07, 6.45) is 1.01. The van der Waals surface area contributed by atoms with E-state index < -0.39 is 0 Å². The normalized spacial score (nSPS) is 15.2. The van der Waals surface area contributed by atoms with Gasteiger partial charge in [0.25, 0.3) is 0 Å². The van der Waals surface area contributed by atoms with Gasteiger partial charge in [-0.3, -0.25) is 4.90 Å². The van der Waals surface area contributed by atoms with E-state index in [9.17, 15) is 9.50 Å². The van der Waals surface area contributed by atoms with Crippen molar-refractivity contribution in [3.63, 3.8) is 0 Å². The molecule has 1 aromatic heterocycles. The maximum absolute atomic E-state index is 12.5. The van der Waals surface area contributed by atoms with E-state index in [-0.39, 0.29) is 6.67 Å². The van der Waals surface area contributed by atoms with Gasteiger partial charge in [0, 0.05) is 29.4 Å². The predicted molar refractivity (Wildman–Crippen MR) is 85.8 cm³/mol. The lowest BCUT2D eigenvalue weighted by molar-refractivity contribution is 0.232. The van der Waals surface area contributed by atoms with Gasteiger partial charge in [-0.05, 0) is 60.7 Å². The van der Waals surface area contributed by atoms with Gasteiger partial charge in [-0.2, -0.15) is 0 Å². The topological polar surface area (TPSA) is 23.5 Å². The third-order valence-electron chi connectivity index (χ3n) is 4.12. The van der Waals surface area contributed by atoms with Crippen molar-refractivity contribution in [1.29, 1.82) is 0 Å². The van der Waals surface area contributed by atoms with Gasteiger partial charge in [0.1, 0.15) is 12.4 Å². The second-order valence-corrected chi connectivity index (χ2v) is 6.87. The molecule has 1 N–H and O–H groups in total. The fourth-order valence-corrected chi connectivity index (χ4v) is 4.09. The Hall–Kier alpha value is -1.39. The molecular weight excluding hydrogens is 285 g/mol. The Morgan fingerprint density at radius 1 is 1.24 bits per heavy atom. The molecule has 112 valence electrons. The number of fused-ring (bicyclic) bond motifs is 1. The molecule has 1 aliphatic heterocycles. The Morgan fingerprint density at radius 2 is 1.95 bits per heavy atom. The van der Waals surface area contributed by atoms with Crippen molar-refractivity contribution in [1.82, 2.24) is 4.90 Å². The Kier molecular flexibility index (Phi) is 4.00. The highest BCUT2D eigenvalue weighted by molar-refractivity contribution is 7.15. The molecule has 1 aliphatic rings. The number of phenols is 1. The number of aryl methyl sites for hydroxylation is 2. The highest BCUT2D eigenvalue weighted by atomic mass is 32.1. The molecule has 0 fully saturated rings. The van der Waals surface area contributed by atoms with Gasteiger partial charge in [-0.15, -0.1) is 11.3 Å². The van der Waals surface area contributed by atoms with Crippen LogP contribution in [0.25, 0.3) is 10.4 Å². The van der Waals surface area contributed by atoms with Gasteiger partial charge in [-0.25, -0.2) is 4.39 Å². The van der Waals surface area contributed by atoms with Crippen LogP contribution in [-0.2, 0) is 13.0 Å². The molecule has 2 nitrogen and oxygen atoms in total. The van der Waals surface area contributed by atoms with Crippen LogP contribution in [0.2, 0.25) is 0 Å². The summed E-state index contributed by atoms with van der Waals surface area (Å²) in [5.74, 6) is 0.384. The molecular formula is C17H20FNOS. The van der Waals surface area contributed by atoms with Crippen molar-refractivity contribution in [2.45, 2.75) is 26.8 Å². The zero-order valence-electron chi connectivity index (χ0n) is 12.4. The number of benzene rings is 1. The second kappa shape index (κ2) is 5.78. The summed E-state index contributed by atoms with van der Waals surface area (Å²) in [5.41, 5.74) is 4.32. The van der Waals surface area contributed by atoms with E-state index >= 15 is 0 Å². The summed E-state index contributed by atoms with van der Waals surface area (Å²) in [6.45, 7) is 5.92. The molecule has 21 heavy (non-hydrogen) atoms. The number of nitrogens with zero attached hydrogens (tertiary/aromatic N) is 1. The van der Waals surface area contributed by atoms with Gasteiger partial charge in [0.15, 0.2) is 0 Å². The van der Waals surface area contributed by atoms with Gasteiger partial charge in [0.05, 0.1) is 0 Å². The molecule has 0 bridgehead atoms. The van der Waals surface area contributed by atoms with E-state index in [0.717, 1.165) is 30.6 Å². The molecule has 0 unspecified atom stereocenters. The first-order valence-electron chi connectivity index (χ1n) is 7.29. The third-order valence-corrected chi connectivity index (χ3v) is 5.41. The highest BCUT2D eigenvalue weighted by Crippen LogP contribution is 2.37. The quantitative estimate of drug-likeness (QED) is 0.924. The maximum atomic E-state index is 12.5. The summed E-state index contributed by atoms with van der Waals surface area (Å²) in [5, 5.41) is 9.89. The molecule has 0 amide bonds. The van der Waals surface area contributed by atoms with Gasteiger partial charge in [0.2, 0.25) is 0 Å². The number of aromatic hydroxyl groups is 1. The minimum Gasteiger partial charge on any atom is -0.507 e. The van der Waals surface area contributed by atoms with Crippen LogP contribution in [0.1, 0.15) is 21.6 Å². The molecule has 3 rings (SSSR count). The number of rotatable bonds is 3. The maximum Gasteiger partial charge on any atom is 0.121 e. The molecule has 0 aliphatic carbocycles. The standard InChI is InChI=1S/C17H20FNOS/c1-11-7-13(8-12(2)17(11)20)16-9-14-10-19(6-4-18)5-3-15(14)21-16/h7-9,20H,3-6,10H2,1-2H3. The average Bonchev–Trinajstić information content (AvgIpc) is 2.87. The Bertz CT molecular complexity index is 642. The van der Waals surface area contributed by atoms with Crippen LogP contribution in [0.4, 0.5) is 4.39 Å². The monoisotopic (exact) mass is 305 g/mol. The Morgan fingerprint density at radius 3 is 2.62 bits per heavy atom. The van der Waals surface area contributed by atoms with Crippen LogP contribution >= 0.6 is 11.3 Å². The van der Waals surface area contributed by atoms with Crippen LogP contribution in [0, 0.1) is 13.8 Å². The fraction of sp³-hybridized carbons (Fsp3) is 0.412. The van der Waals surface area contributed by atoms with E-state index in [1.54, 1.807) is 0 Å². The number of alkyl halides is 1. The molecule has 0 saturated carbocycles. The van der Waals surface area contributed by atoms with E-state index in [1.807, 2.05) is 37.3 Å². The lowest BCUT2D eigenvalue weighted by Crippen LogP contribution is -2.31. The molecule has 0 spiro atoms. The van der Waals surface area contributed by atoms with E-state index in [4.69, 9.17) is 0 Å². The van der Waals surface area contributed by atoms with E-state index in [0.29, 0.717) is 12.3 Å². The minimum absolute atomic E-state index is 0.275. The Labute approximate surface area is 128 Å². The average molecular weight is 305 g/mol. The molecule has 0 radical (unpaired) electrons. The first kappa shape index (κ1) is 14.5. The van der Waals surface area contributed by atoms with Gasteiger partial charge in [-0.1, -0.05) is 0 Å². The van der Waals surface area contributed by atoms with Crippen LogP contribution in [0.5, 0.6) is 5.75 Å². The smallest absolute Gasteiger partial charge is 0.121 e. The van der Waals surface area contributed by atoms with Crippen LogP contribution in [0.15, 0.2) is 18.2 Å². The molecule has 4 heteroatoms. The van der Waals surface area contributed by atoms with E-state index in [2.05, 4.69) is 11.0 Å². The van der Waals surface area contributed by atoms with Crippen molar-refractivity contribution >= 4 is 11.3 Å². The zero-order chi connectivity index (χ0) is 15.0. The number of phenolic OH excluding ortho intramolecular Hbond substituents is 1. The van der Waals surface area contributed by atoms with Crippen molar-refractivity contribution in [3.8, 4) is 16.2 Å². The first-order chi connectivity index (χ1) is 10.1. The van der Waals surface area contributed by atoms with Crippen molar-refractivity contribution in [2.24, 2.45) is 0 Å². The molecule has 0 atom stereocenters. The highest BCUT2D eigenvalue weighted by Gasteiger charge is 2.19.